The van der Waals surface area contributed by atoms with E-state index in [9.17, 15) is 4.79 Å². The van der Waals surface area contributed by atoms with Crippen molar-refractivity contribution in [3.05, 3.63) is 46.3 Å². The Labute approximate surface area is 139 Å². The number of carbonyl (C=O) groups excluding carboxylic acids is 1. The molecule has 1 aromatic carbocycles. The summed E-state index contributed by atoms with van der Waals surface area (Å²) in [6.45, 7) is 4.98. The molecule has 1 amide bonds. The summed E-state index contributed by atoms with van der Waals surface area (Å²) < 4.78 is 0. The van der Waals surface area contributed by atoms with Crippen LogP contribution in [0.25, 0.3) is 0 Å². The number of nitrogens with one attached hydrogen (secondary N) is 2. The molecule has 2 rings (SSSR count). The number of hydrogen-bond acceptors (Lipinski definition) is 4. The van der Waals surface area contributed by atoms with E-state index < -0.39 is 5.91 Å². The zero-order valence-electron chi connectivity index (χ0n) is 12.2. The zero-order valence-corrected chi connectivity index (χ0v) is 13.7. The number of carbonyl (C=O) groups is 1. The Morgan fingerprint density at radius 3 is 2.64 bits per heavy atom. The standard InChI is InChI=1S/C15H16Cl2N4O/c1-9(2)6-19-14-8-18-13(7-20-14)15(22)21-12-5-10(16)3-4-11(12)17/h3-5,7-9H,6H2,1-2H3,(H,19,20)(H,21,22). The van der Waals surface area contributed by atoms with Crippen molar-refractivity contribution in [2.24, 2.45) is 5.92 Å². The maximum atomic E-state index is 12.1. The minimum absolute atomic E-state index is 0.200. The minimum Gasteiger partial charge on any atom is -0.369 e. The number of benzene rings is 1. The summed E-state index contributed by atoms with van der Waals surface area (Å²) in [5.41, 5.74) is 0.633. The van der Waals surface area contributed by atoms with Gasteiger partial charge in [0.05, 0.1) is 23.1 Å². The van der Waals surface area contributed by atoms with Gasteiger partial charge in [0, 0.05) is 11.6 Å². The number of nitrogens with zero attached hydrogens (tertiary/aromatic N) is 2. The third-order valence-corrected chi connectivity index (χ3v) is 3.32. The molecule has 0 bridgehead atoms. The molecular weight excluding hydrogens is 323 g/mol. The van der Waals surface area contributed by atoms with Crippen LogP contribution in [-0.2, 0) is 0 Å². The van der Waals surface area contributed by atoms with Gasteiger partial charge >= 0.3 is 0 Å². The first-order valence-electron chi connectivity index (χ1n) is 6.78. The minimum atomic E-state index is -0.396. The van der Waals surface area contributed by atoms with Crippen LogP contribution >= 0.6 is 23.2 Å². The lowest BCUT2D eigenvalue weighted by Crippen LogP contribution is -2.15. The molecule has 0 aliphatic rings. The van der Waals surface area contributed by atoms with Gasteiger partial charge in [-0.1, -0.05) is 37.0 Å². The molecule has 0 spiro atoms. The monoisotopic (exact) mass is 338 g/mol. The Kier molecular flexibility index (Phi) is 5.57. The van der Waals surface area contributed by atoms with Gasteiger partial charge in [-0.2, -0.15) is 0 Å². The number of rotatable bonds is 5. The summed E-state index contributed by atoms with van der Waals surface area (Å²) in [7, 11) is 0. The Hall–Kier alpha value is -1.85. The molecule has 0 atom stereocenters. The summed E-state index contributed by atoms with van der Waals surface area (Å²) in [6, 6.07) is 4.84. The van der Waals surface area contributed by atoms with Gasteiger partial charge in [0.25, 0.3) is 5.91 Å². The van der Waals surface area contributed by atoms with Gasteiger partial charge in [0.2, 0.25) is 0 Å². The largest absolute Gasteiger partial charge is 0.369 e. The van der Waals surface area contributed by atoms with Crippen LogP contribution < -0.4 is 10.6 Å². The molecular formula is C15H16Cl2N4O. The average molecular weight is 339 g/mol. The smallest absolute Gasteiger partial charge is 0.275 e. The molecule has 1 aromatic heterocycles. The highest BCUT2D eigenvalue weighted by atomic mass is 35.5. The molecule has 22 heavy (non-hydrogen) atoms. The maximum absolute atomic E-state index is 12.1. The lowest BCUT2D eigenvalue weighted by Gasteiger charge is -2.09. The second-order valence-corrected chi connectivity index (χ2v) is 5.98. The van der Waals surface area contributed by atoms with E-state index in [0.29, 0.717) is 27.5 Å². The Bertz CT molecular complexity index is 659. The molecule has 7 heteroatoms. The van der Waals surface area contributed by atoms with E-state index in [2.05, 4.69) is 34.4 Å². The first-order valence-corrected chi connectivity index (χ1v) is 7.53. The van der Waals surface area contributed by atoms with Gasteiger partial charge in [-0.15, -0.1) is 0 Å². The van der Waals surface area contributed by atoms with Crippen LogP contribution in [0.3, 0.4) is 0 Å². The van der Waals surface area contributed by atoms with Crippen LogP contribution in [0.4, 0.5) is 11.5 Å². The SMILES string of the molecule is CC(C)CNc1cnc(C(=O)Nc2cc(Cl)ccc2Cl)cn1. The third-order valence-electron chi connectivity index (χ3n) is 2.75. The normalized spacial score (nSPS) is 10.6. The Morgan fingerprint density at radius 1 is 1.23 bits per heavy atom. The number of hydrogen-bond donors (Lipinski definition) is 2. The van der Waals surface area contributed by atoms with Gasteiger partial charge in [-0.25, -0.2) is 9.97 Å². The van der Waals surface area contributed by atoms with E-state index >= 15 is 0 Å². The Balaban J connectivity index is 2.05. The van der Waals surface area contributed by atoms with E-state index in [1.165, 1.54) is 12.4 Å². The average Bonchev–Trinajstić information content (AvgIpc) is 2.49. The highest BCUT2D eigenvalue weighted by molar-refractivity contribution is 6.35. The van der Waals surface area contributed by atoms with Gasteiger partial charge in [-0.3, -0.25) is 4.79 Å². The maximum Gasteiger partial charge on any atom is 0.275 e. The fraction of sp³-hybridized carbons (Fsp3) is 0.267. The fourth-order valence-electron chi connectivity index (χ4n) is 1.62. The van der Waals surface area contributed by atoms with E-state index in [1.807, 2.05) is 0 Å². The predicted octanol–water partition coefficient (Wildman–Crippen LogP) is 4.10. The molecule has 0 unspecified atom stereocenters. The van der Waals surface area contributed by atoms with E-state index in [-0.39, 0.29) is 5.69 Å². The summed E-state index contributed by atoms with van der Waals surface area (Å²) in [4.78, 5) is 20.4. The fourth-order valence-corrected chi connectivity index (χ4v) is 1.96. The molecule has 0 fully saturated rings. The molecule has 5 nitrogen and oxygen atoms in total. The van der Waals surface area contributed by atoms with Crippen molar-refractivity contribution in [3.8, 4) is 0 Å². The highest BCUT2D eigenvalue weighted by Gasteiger charge is 2.11. The topological polar surface area (TPSA) is 66.9 Å². The Morgan fingerprint density at radius 2 is 2.00 bits per heavy atom. The van der Waals surface area contributed by atoms with Gasteiger partial charge in [-0.05, 0) is 24.1 Å². The first-order chi connectivity index (χ1) is 10.5. The third kappa shape index (κ3) is 4.58. The molecule has 2 aromatic rings. The summed E-state index contributed by atoms with van der Waals surface area (Å²) >= 11 is 11.9. The van der Waals surface area contributed by atoms with Gasteiger partial charge in [0.1, 0.15) is 11.5 Å². The van der Waals surface area contributed by atoms with Gasteiger partial charge in [0.15, 0.2) is 0 Å². The molecule has 0 saturated carbocycles. The molecule has 0 aliphatic heterocycles. The summed E-state index contributed by atoms with van der Waals surface area (Å²) in [6.07, 6.45) is 2.94. The van der Waals surface area contributed by atoms with Crippen molar-refractivity contribution in [3.63, 3.8) is 0 Å². The lowest BCUT2D eigenvalue weighted by molar-refractivity contribution is 0.102. The summed E-state index contributed by atoms with van der Waals surface area (Å²) in [5.74, 6) is 0.730. The van der Waals surface area contributed by atoms with Crippen molar-refractivity contribution >= 4 is 40.6 Å². The predicted molar refractivity (Wildman–Crippen MR) is 89.8 cm³/mol. The van der Waals surface area contributed by atoms with Crippen LogP contribution in [0, 0.1) is 5.92 Å². The molecule has 0 radical (unpaired) electrons. The number of halogens is 2. The van der Waals surface area contributed by atoms with Crippen LogP contribution in [-0.4, -0.2) is 22.4 Å². The second kappa shape index (κ2) is 7.42. The molecule has 0 saturated heterocycles. The van der Waals surface area contributed by atoms with Crippen LogP contribution in [0.2, 0.25) is 10.0 Å². The number of aromatic nitrogens is 2. The van der Waals surface area contributed by atoms with Crippen molar-refractivity contribution in [1.82, 2.24) is 9.97 Å². The highest BCUT2D eigenvalue weighted by Crippen LogP contribution is 2.25. The second-order valence-electron chi connectivity index (χ2n) is 5.14. The van der Waals surface area contributed by atoms with Crippen molar-refractivity contribution in [2.75, 3.05) is 17.2 Å². The first kappa shape index (κ1) is 16.5. The number of amides is 1. The quantitative estimate of drug-likeness (QED) is 0.860. The van der Waals surface area contributed by atoms with E-state index in [1.54, 1.807) is 18.2 Å². The molecule has 116 valence electrons. The molecule has 2 N–H and O–H groups in total. The number of anilines is 2. The summed E-state index contributed by atoms with van der Waals surface area (Å²) in [5, 5.41) is 6.68. The lowest BCUT2D eigenvalue weighted by atomic mass is 10.2. The molecule has 1 heterocycles. The van der Waals surface area contributed by atoms with Crippen LogP contribution in [0.15, 0.2) is 30.6 Å². The van der Waals surface area contributed by atoms with Crippen molar-refractivity contribution in [2.45, 2.75) is 13.8 Å². The van der Waals surface area contributed by atoms with E-state index in [4.69, 9.17) is 23.2 Å². The zero-order chi connectivity index (χ0) is 16.1. The van der Waals surface area contributed by atoms with Crippen molar-refractivity contribution in [1.29, 1.82) is 0 Å². The van der Waals surface area contributed by atoms with Crippen LogP contribution in [0.1, 0.15) is 24.3 Å². The van der Waals surface area contributed by atoms with Gasteiger partial charge < -0.3 is 10.6 Å². The van der Waals surface area contributed by atoms with Crippen molar-refractivity contribution < 1.29 is 4.79 Å². The van der Waals surface area contributed by atoms with Crippen LogP contribution in [0.5, 0.6) is 0 Å². The van der Waals surface area contributed by atoms with E-state index in [0.717, 1.165) is 6.54 Å². The molecule has 0 aliphatic carbocycles.